The summed E-state index contributed by atoms with van der Waals surface area (Å²) in [6.45, 7) is 0.00547. The van der Waals surface area contributed by atoms with E-state index in [2.05, 4.69) is 5.10 Å². The second kappa shape index (κ2) is 5.65. The summed E-state index contributed by atoms with van der Waals surface area (Å²) in [5.41, 5.74) is 0.863. The lowest BCUT2D eigenvalue weighted by molar-refractivity contribution is -0.267. The number of carbonyl (C=O) groups excluding carboxylic acids is 1. The highest BCUT2D eigenvalue weighted by atomic mass is 19.4. The van der Waals surface area contributed by atoms with Crippen LogP contribution in [0.15, 0.2) is 29.1 Å². The van der Waals surface area contributed by atoms with E-state index in [4.69, 9.17) is 5.73 Å². The van der Waals surface area contributed by atoms with Crippen LogP contribution in [0.4, 0.5) is 13.2 Å². The Morgan fingerprint density at radius 2 is 1.87 bits per heavy atom. The molecule has 0 saturated heterocycles. The lowest BCUT2D eigenvalue weighted by atomic mass is 10.00. The Hall–Kier alpha value is -2.42. The second-order valence-corrected chi connectivity index (χ2v) is 5.10. The smallest absolute Gasteiger partial charge is 0.379 e. The van der Waals surface area contributed by atoms with Crippen molar-refractivity contribution < 1.29 is 23.1 Å². The average Bonchev–Trinajstić information content (AvgIpc) is 2.48. The minimum Gasteiger partial charge on any atom is -0.379 e. The van der Waals surface area contributed by atoms with Gasteiger partial charge < -0.3 is 10.8 Å². The number of carbonyl (C=O) groups is 1. The summed E-state index contributed by atoms with van der Waals surface area (Å²) in [7, 11) is 0. The fourth-order valence-corrected chi connectivity index (χ4v) is 2.17. The van der Waals surface area contributed by atoms with Crippen LogP contribution in [-0.2, 0) is 6.54 Å². The molecule has 0 bridgehead atoms. The van der Waals surface area contributed by atoms with Crippen LogP contribution in [0.2, 0.25) is 0 Å². The minimum absolute atomic E-state index is 0.00284. The number of fused-ring (bicyclic) bond motifs is 1. The van der Waals surface area contributed by atoms with Gasteiger partial charge in [-0.15, -0.1) is 0 Å². The maximum atomic E-state index is 13.0. The van der Waals surface area contributed by atoms with E-state index in [9.17, 15) is 27.9 Å². The van der Waals surface area contributed by atoms with Crippen molar-refractivity contribution in [3.8, 4) is 0 Å². The van der Waals surface area contributed by atoms with E-state index in [1.807, 2.05) is 0 Å². The molecule has 0 radical (unpaired) electrons. The summed E-state index contributed by atoms with van der Waals surface area (Å²) in [6.07, 6.45) is -5.63. The van der Waals surface area contributed by atoms with Gasteiger partial charge in [-0.3, -0.25) is 9.59 Å². The monoisotopic (exact) mass is 329 g/mol. The number of aromatic nitrogens is 2. The van der Waals surface area contributed by atoms with Crippen molar-refractivity contribution >= 4 is 16.7 Å². The predicted octanol–water partition coefficient (Wildman–Crippen LogP) is 1.20. The van der Waals surface area contributed by atoms with Gasteiger partial charge >= 0.3 is 6.18 Å². The topological polar surface area (TPSA) is 98.2 Å². The lowest BCUT2D eigenvalue weighted by Gasteiger charge is -2.29. The van der Waals surface area contributed by atoms with Crippen LogP contribution < -0.4 is 11.3 Å². The predicted molar refractivity (Wildman–Crippen MR) is 75.8 cm³/mol. The molecule has 2 aromatic rings. The molecule has 9 heteroatoms. The molecule has 0 aliphatic carbocycles. The number of halogens is 3. The van der Waals surface area contributed by atoms with Crippen molar-refractivity contribution in [1.29, 1.82) is 0 Å². The Labute approximate surface area is 128 Å². The van der Waals surface area contributed by atoms with Crippen LogP contribution in [0.5, 0.6) is 0 Å². The Bertz CT molecular complexity index is 816. The van der Waals surface area contributed by atoms with Crippen molar-refractivity contribution in [3.05, 3.63) is 40.3 Å². The number of alkyl halides is 3. The summed E-state index contributed by atoms with van der Waals surface area (Å²) >= 11 is 0. The van der Waals surface area contributed by atoms with E-state index in [0.29, 0.717) is 4.68 Å². The molecular formula is C14H14F3N3O3. The van der Waals surface area contributed by atoms with Crippen LogP contribution >= 0.6 is 0 Å². The van der Waals surface area contributed by atoms with Gasteiger partial charge in [0.15, 0.2) is 11.3 Å². The molecule has 0 aliphatic rings. The molecule has 1 amide bonds. The summed E-state index contributed by atoms with van der Waals surface area (Å²) in [5.74, 6) is -0.984. The number of amides is 1. The molecule has 23 heavy (non-hydrogen) atoms. The Morgan fingerprint density at radius 1 is 1.30 bits per heavy atom. The molecule has 124 valence electrons. The third kappa shape index (κ3) is 2.91. The van der Waals surface area contributed by atoms with E-state index in [-0.39, 0.29) is 16.5 Å². The molecule has 1 atom stereocenters. The Kier molecular flexibility index (Phi) is 4.16. The minimum atomic E-state index is -4.96. The summed E-state index contributed by atoms with van der Waals surface area (Å²) in [5, 5.41) is 13.6. The maximum Gasteiger partial charge on any atom is 0.419 e. The fourth-order valence-electron chi connectivity index (χ4n) is 2.17. The lowest BCUT2D eigenvalue weighted by Crippen LogP contribution is -2.50. The summed E-state index contributed by atoms with van der Waals surface area (Å²) in [4.78, 5) is 23.8. The molecule has 0 saturated carbocycles. The molecule has 1 heterocycles. The molecular weight excluding hydrogens is 315 g/mol. The highest BCUT2D eigenvalue weighted by Gasteiger charge is 2.53. The number of primary amides is 1. The molecule has 3 N–H and O–H groups in total. The highest BCUT2D eigenvalue weighted by Crippen LogP contribution is 2.34. The SMILES string of the molecule is CCC(O)(Cn1nc(C(N)=O)c2ccccc2c1=O)C(F)(F)F. The normalized spacial score (nSPS) is 14.7. The van der Waals surface area contributed by atoms with Gasteiger partial charge in [0, 0.05) is 5.39 Å². The summed E-state index contributed by atoms with van der Waals surface area (Å²) < 4.78 is 39.5. The zero-order valence-electron chi connectivity index (χ0n) is 12.1. The van der Waals surface area contributed by atoms with Crippen molar-refractivity contribution in [3.63, 3.8) is 0 Å². The number of benzene rings is 1. The number of rotatable bonds is 4. The molecule has 0 spiro atoms. The van der Waals surface area contributed by atoms with Crippen molar-refractivity contribution in [2.75, 3.05) is 0 Å². The van der Waals surface area contributed by atoms with Crippen molar-refractivity contribution in [2.45, 2.75) is 31.7 Å². The van der Waals surface area contributed by atoms with Gasteiger partial charge in [0.1, 0.15) is 0 Å². The molecule has 1 aromatic heterocycles. The van der Waals surface area contributed by atoms with Gasteiger partial charge in [-0.1, -0.05) is 25.1 Å². The van der Waals surface area contributed by atoms with Crippen LogP contribution in [0.1, 0.15) is 23.8 Å². The first-order valence-electron chi connectivity index (χ1n) is 6.69. The van der Waals surface area contributed by atoms with Gasteiger partial charge in [0.25, 0.3) is 11.5 Å². The molecule has 1 aromatic carbocycles. The first kappa shape index (κ1) is 16.9. The molecule has 0 fully saturated rings. The van der Waals surface area contributed by atoms with Crippen LogP contribution in [0, 0.1) is 0 Å². The summed E-state index contributed by atoms with van der Waals surface area (Å²) in [6, 6.07) is 5.80. The number of nitrogens with zero attached hydrogens (tertiary/aromatic N) is 2. The average molecular weight is 329 g/mol. The second-order valence-electron chi connectivity index (χ2n) is 5.10. The number of nitrogens with two attached hydrogens (primary N) is 1. The van der Waals surface area contributed by atoms with Gasteiger partial charge in [-0.2, -0.15) is 18.3 Å². The van der Waals surface area contributed by atoms with Crippen LogP contribution in [0.25, 0.3) is 10.8 Å². The van der Waals surface area contributed by atoms with Gasteiger partial charge in [0.2, 0.25) is 0 Å². The van der Waals surface area contributed by atoms with E-state index >= 15 is 0 Å². The van der Waals surface area contributed by atoms with Crippen LogP contribution in [-0.4, -0.2) is 32.6 Å². The number of hydrogen-bond donors (Lipinski definition) is 2. The first-order valence-corrected chi connectivity index (χ1v) is 6.69. The third-order valence-corrected chi connectivity index (χ3v) is 3.63. The van der Waals surface area contributed by atoms with Crippen LogP contribution in [0.3, 0.4) is 0 Å². The quantitative estimate of drug-likeness (QED) is 0.880. The van der Waals surface area contributed by atoms with Crippen molar-refractivity contribution in [1.82, 2.24) is 9.78 Å². The molecule has 0 aliphatic heterocycles. The van der Waals surface area contributed by atoms with E-state index in [0.717, 1.165) is 6.92 Å². The van der Waals surface area contributed by atoms with Gasteiger partial charge in [0.05, 0.1) is 11.9 Å². The number of hydrogen-bond acceptors (Lipinski definition) is 4. The molecule has 6 nitrogen and oxygen atoms in total. The maximum absolute atomic E-state index is 13.0. The van der Waals surface area contributed by atoms with E-state index in [1.165, 1.54) is 18.2 Å². The highest BCUT2D eigenvalue weighted by molar-refractivity contribution is 6.03. The van der Waals surface area contributed by atoms with E-state index < -0.39 is 36.2 Å². The molecule has 1 unspecified atom stereocenters. The third-order valence-electron chi connectivity index (χ3n) is 3.63. The van der Waals surface area contributed by atoms with Gasteiger partial charge in [-0.25, -0.2) is 4.68 Å². The number of aliphatic hydroxyl groups is 1. The van der Waals surface area contributed by atoms with Gasteiger partial charge in [-0.05, 0) is 12.5 Å². The van der Waals surface area contributed by atoms with Crippen molar-refractivity contribution in [2.24, 2.45) is 5.73 Å². The standard InChI is InChI=1S/C14H14F3N3O3/c1-2-13(23,14(15,16)17)7-20-12(22)9-6-4-3-5-8(9)10(19-20)11(18)21/h3-6,23H,2,7H2,1H3,(H2,18,21). The Morgan fingerprint density at radius 3 is 2.35 bits per heavy atom. The molecule has 2 rings (SSSR count). The largest absolute Gasteiger partial charge is 0.419 e. The zero-order valence-corrected chi connectivity index (χ0v) is 12.1. The first-order chi connectivity index (χ1) is 10.6. The fraction of sp³-hybridized carbons (Fsp3) is 0.357. The Balaban J connectivity index is 2.69. The van der Waals surface area contributed by atoms with E-state index in [1.54, 1.807) is 6.07 Å². The zero-order chi connectivity index (χ0) is 17.4.